The molecule has 0 unspecified atom stereocenters. The molecule has 0 atom stereocenters. The van der Waals surface area contributed by atoms with Crippen LogP contribution < -0.4 is 21.1 Å². The standard InChI is InChI=1S/C21H18F4N8O/c1-10-13(6-28-19-18(10)27-2-3-34-19)12-4-15-14(17(26)16(12)22)7-29-20(32-15)31-11-5-30-33(8-11)9-21(23,24)25/h4-8,27H,2-3,9,26H2,1H3,(H,29,31,32). The summed E-state index contributed by atoms with van der Waals surface area (Å²) in [6, 6.07) is 1.53. The molecule has 3 aromatic heterocycles. The molecule has 0 fully saturated rings. The first-order valence-electron chi connectivity index (χ1n) is 10.2. The Kier molecular flexibility index (Phi) is 5.10. The Labute approximate surface area is 190 Å². The van der Waals surface area contributed by atoms with Crippen molar-refractivity contribution in [1.82, 2.24) is 24.7 Å². The second-order valence-electron chi connectivity index (χ2n) is 7.70. The third-order valence-corrected chi connectivity index (χ3v) is 5.33. The van der Waals surface area contributed by atoms with Crippen molar-refractivity contribution in [2.75, 3.05) is 29.5 Å². The van der Waals surface area contributed by atoms with E-state index in [0.717, 1.165) is 10.2 Å². The van der Waals surface area contributed by atoms with Gasteiger partial charge in [-0.2, -0.15) is 18.3 Å². The third kappa shape index (κ3) is 4.00. The van der Waals surface area contributed by atoms with E-state index in [2.05, 4.69) is 30.7 Å². The maximum absolute atomic E-state index is 15.2. The predicted octanol–water partition coefficient (Wildman–Crippen LogP) is 4.03. The predicted molar refractivity (Wildman–Crippen MR) is 117 cm³/mol. The van der Waals surface area contributed by atoms with Crippen LogP contribution in [-0.2, 0) is 6.54 Å². The number of nitrogens with two attached hydrogens (primary N) is 1. The molecular weight excluding hydrogens is 456 g/mol. The average Bonchev–Trinajstić information content (AvgIpc) is 3.22. The van der Waals surface area contributed by atoms with Crippen molar-refractivity contribution in [1.29, 1.82) is 0 Å². The van der Waals surface area contributed by atoms with Crippen LogP contribution in [0.3, 0.4) is 0 Å². The van der Waals surface area contributed by atoms with E-state index in [1.807, 2.05) is 6.92 Å². The summed E-state index contributed by atoms with van der Waals surface area (Å²) in [6.07, 6.45) is 0.871. The highest BCUT2D eigenvalue weighted by Gasteiger charge is 2.28. The number of halogens is 4. The lowest BCUT2D eigenvalue weighted by Gasteiger charge is -2.22. The number of aromatic nitrogens is 5. The van der Waals surface area contributed by atoms with Crippen molar-refractivity contribution in [3.8, 4) is 17.0 Å². The van der Waals surface area contributed by atoms with Crippen LogP contribution in [0.15, 0.2) is 30.9 Å². The van der Waals surface area contributed by atoms with Gasteiger partial charge < -0.3 is 21.1 Å². The third-order valence-electron chi connectivity index (χ3n) is 5.33. The Morgan fingerprint density at radius 1 is 1.21 bits per heavy atom. The molecule has 1 aliphatic rings. The van der Waals surface area contributed by atoms with Crippen LogP contribution in [-0.4, -0.2) is 44.1 Å². The minimum atomic E-state index is -4.40. The zero-order chi connectivity index (χ0) is 24.0. The molecule has 34 heavy (non-hydrogen) atoms. The van der Waals surface area contributed by atoms with Crippen LogP contribution in [0.1, 0.15) is 5.56 Å². The maximum Gasteiger partial charge on any atom is 0.408 e. The van der Waals surface area contributed by atoms with E-state index in [4.69, 9.17) is 10.5 Å². The number of ether oxygens (including phenoxy) is 1. The highest BCUT2D eigenvalue weighted by atomic mass is 19.4. The van der Waals surface area contributed by atoms with E-state index in [-0.39, 0.29) is 22.9 Å². The summed E-state index contributed by atoms with van der Waals surface area (Å²) in [6.45, 7) is 1.68. The van der Waals surface area contributed by atoms with Crippen molar-refractivity contribution in [3.05, 3.63) is 42.2 Å². The number of hydrogen-bond donors (Lipinski definition) is 3. The Bertz CT molecular complexity index is 1400. The summed E-state index contributed by atoms with van der Waals surface area (Å²) in [7, 11) is 0. The molecule has 1 aromatic carbocycles. The van der Waals surface area contributed by atoms with E-state index in [0.29, 0.717) is 41.2 Å². The minimum Gasteiger partial charge on any atom is -0.474 e. The van der Waals surface area contributed by atoms with Crippen LogP contribution in [0.25, 0.3) is 22.0 Å². The van der Waals surface area contributed by atoms with Crippen molar-refractivity contribution in [2.24, 2.45) is 0 Å². The van der Waals surface area contributed by atoms with Gasteiger partial charge in [0.15, 0.2) is 5.82 Å². The number of nitrogen functional groups attached to an aromatic ring is 1. The zero-order valence-corrected chi connectivity index (χ0v) is 17.7. The molecule has 4 aromatic rings. The van der Waals surface area contributed by atoms with Gasteiger partial charge >= 0.3 is 6.18 Å². The van der Waals surface area contributed by atoms with Gasteiger partial charge in [0.2, 0.25) is 11.8 Å². The number of hydrogen-bond acceptors (Lipinski definition) is 8. The van der Waals surface area contributed by atoms with Gasteiger partial charge in [0.05, 0.1) is 23.1 Å². The first-order chi connectivity index (χ1) is 16.2. The second-order valence-corrected chi connectivity index (χ2v) is 7.70. The summed E-state index contributed by atoms with van der Waals surface area (Å²) in [4.78, 5) is 12.8. The fraction of sp³-hybridized carbons (Fsp3) is 0.238. The Morgan fingerprint density at radius 3 is 2.82 bits per heavy atom. The molecule has 13 heteroatoms. The lowest BCUT2D eigenvalue weighted by atomic mass is 9.98. The Hall–Kier alpha value is -4.16. The Balaban J connectivity index is 1.52. The van der Waals surface area contributed by atoms with Gasteiger partial charge in [-0.25, -0.2) is 19.3 Å². The van der Waals surface area contributed by atoms with Gasteiger partial charge in [-0.15, -0.1) is 0 Å². The average molecular weight is 474 g/mol. The number of nitrogens with one attached hydrogen (secondary N) is 2. The van der Waals surface area contributed by atoms with Crippen molar-refractivity contribution < 1.29 is 22.3 Å². The van der Waals surface area contributed by atoms with E-state index < -0.39 is 18.5 Å². The number of benzene rings is 1. The largest absolute Gasteiger partial charge is 0.474 e. The lowest BCUT2D eigenvalue weighted by molar-refractivity contribution is -0.142. The molecule has 0 bridgehead atoms. The number of anilines is 4. The zero-order valence-electron chi connectivity index (χ0n) is 17.7. The molecule has 176 valence electrons. The van der Waals surface area contributed by atoms with Gasteiger partial charge in [-0.1, -0.05) is 0 Å². The summed E-state index contributed by atoms with van der Waals surface area (Å²) in [5, 5.41) is 9.98. The first-order valence-corrected chi connectivity index (χ1v) is 10.2. The van der Waals surface area contributed by atoms with Gasteiger partial charge in [0.1, 0.15) is 18.8 Å². The second kappa shape index (κ2) is 8.01. The summed E-state index contributed by atoms with van der Waals surface area (Å²) in [5.41, 5.74) is 8.68. The minimum absolute atomic E-state index is 0.0892. The molecule has 0 saturated carbocycles. The molecule has 9 nitrogen and oxygen atoms in total. The van der Waals surface area contributed by atoms with E-state index in [9.17, 15) is 13.2 Å². The summed E-state index contributed by atoms with van der Waals surface area (Å²) >= 11 is 0. The number of pyridine rings is 1. The topological polar surface area (TPSA) is 116 Å². The molecule has 0 saturated heterocycles. The smallest absolute Gasteiger partial charge is 0.408 e. The monoisotopic (exact) mass is 474 g/mol. The van der Waals surface area contributed by atoms with Crippen LogP contribution in [0.4, 0.5) is 40.6 Å². The van der Waals surface area contributed by atoms with Gasteiger partial charge in [-0.3, -0.25) is 4.68 Å². The fourth-order valence-corrected chi connectivity index (χ4v) is 3.75. The molecule has 5 rings (SSSR count). The van der Waals surface area contributed by atoms with Gasteiger partial charge in [-0.05, 0) is 18.6 Å². The van der Waals surface area contributed by atoms with Gasteiger partial charge in [0.25, 0.3) is 0 Å². The SMILES string of the molecule is Cc1c(-c2cc3nc(Nc4cnn(CC(F)(F)F)c4)ncc3c(N)c2F)cnc2c1NCCO2. The number of rotatable bonds is 4. The molecule has 1 aliphatic heterocycles. The van der Waals surface area contributed by atoms with E-state index in [1.54, 1.807) is 0 Å². The lowest BCUT2D eigenvalue weighted by Crippen LogP contribution is -2.20. The van der Waals surface area contributed by atoms with Crippen molar-refractivity contribution in [2.45, 2.75) is 19.6 Å². The highest BCUT2D eigenvalue weighted by molar-refractivity contribution is 5.96. The highest BCUT2D eigenvalue weighted by Crippen LogP contribution is 2.39. The van der Waals surface area contributed by atoms with E-state index in [1.165, 1.54) is 30.9 Å². The quantitative estimate of drug-likeness (QED) is 0.300. The summed E-state index contributed by atoms with van der Waals surface area (Å²) in [5.74, 6) is -0.0975. The van der Waals surface area contributed by atoms with Crippen molar-refractivity contribution >= 4 is 33.9 Å². The molecule has 4 N–H and O–H groups in total. The maximum atomic E-state index is 15.2. The summed E-state index contributed by atoms with van der Waals surface area (Å²) < 4.78 is 59.2. The molecule has 0 spiro atoms. The van der Waals surface area contributed by atoms with Crippen LogP contribution in [0, 0.1) is 12.7 Å². The molecule has 4 heterocycles. The fourth-order valence-electron chi connectivity index (χ4n) is 3.75. The van der Waals surface area contributed by atoms with Crippen LogP contribution >= 0.6 is 0 Å². The van der Waals surface area contributed by atoms with Gasteiger partial charge in [0, 0.05) is 41.6 Å². The Morgan fingerprint density at radius 2 is 2.03 bits per heavy atom. The van der Waals surface area contributed by atoms with Crippen LogP contribution in [0.5, 0.6) is 5.88 Å². The molecular formula is C21H18F4N8O. The number of nitrogens with zero attached hydrogens (tertiary/aromatic N) is 5. The van der Waals surface area contributed by atoms with E-state index >= 15 is 4.39 Å². The molecule has 0 radical (unpaired) electrons. The number of fused-ring (bicyclic) bond motifs is 2. The molecule has 0 aliphatic carbocycles. The van der Waals surface area contributed by atoms with Crippen molar-refractivity contribution in [3.63, 3.8) is 0 Å². The van der Waals surface area contributed by atoms with Crippen LogP contribution in [0.2, 0.25) is 0 Å². The number of alkyl halides is 3. The molecule has 0 amide bonds. The first kappa shape index (κ1) is 21.7. The normalized spacial score (nSPS) is 13.3.